The molecule has 0 saturated heterocycles. The predicted molar refractivity (Wildman–Crippen MR) is 79.5 cm³/mol. The molecule has 0 radical (unpaired) electrons. The van der Waals surface area contributed by atoms with Gasteiger partial charge in [0.1, 0.15) is 0 Å². The highest BCUT2D eigenvalue weighted by Crippen LogP contribution is 2.20. The summed E-state index contributed by atoms with van der Waals surface area (Å²) < 4.78 is 0. The molecule has 3 rings (SSSR count). The maximum atomic E-state index is 12.6. The van der Waals surface area contributed by atoms with Gasteiger partial charge in [-0.05, 0) is 18.2 Å². The van der Waals surface area contributed by atoms with Crippen LogP contribution in [0.4, 0.5) is 0 Å². The highest BCUT2D eigenvalue weighted by molar-refractivity contribution is 6.31. The number of fused-ring (bicyclic) bond motifs is 1. The molecule has 3 nitrogen and oxygen atoms in total. The average molecular weight is 284 g/mol. The molecule has 20 heavy (non-hydrogen) atoms. The number of carbonyl (C=O) groups excluding carboxylic acids is 1. The van der Waals surface area contributed by atoms with Crippen LogP contribution in [-0.2, 0) is 0 Å². The molecule has 0 aliphatic carbocycles. The minimum absolute atomic E-state index is 0.213. The van der Waals surface area contributed by atoms with Gasteiger partial charge in [-0.2, -0.15) is 0 Å². The van der Waals surface area contributed by atoms with Crippen molar-refractivity contribution in [2.75, 3.05) is 0 Å². The normalized spacial score (nSPS) is 10.7. The van der Waals surface area contributed by atoms with Gasteiger partial charge in [-0.15, -0.1) is 0 Å². The van der Waals surface area contributed by atoms with Crippen molar-refractivity contribution < 1.29 is 4.79 Å². The van der Waals surface area contributed by atoms with Crippen molar-refractivity contribution in [1.29, 1.82) is 0 Å². The largest absolute Gasteiger partial charge is 0.322 e. The minimum Gasteiger partial charge on any atom is -0.322 e. The third-order valence-electron chi connectivity index (χ3n) is 3.08. The Labute approximate surface area is 119 Å². The zero-order chi connectivity index (χ0) is 14.1. The first-order valence-corrected chi connectivity index (χ1v) is 6.45. The van der Waals surface area contributed by atoms with E-state index >= 15 is 0 Å². The molecule has 98 valence electrons. The zero-order valence-corrected chi connectivity index (χ0v) is 11.1. The Hall–Kier alpha value is -2.39. The molecule has 0 bridgehead atoms. The first-order valence-electron chi connectivity index (χ1n) is 6.07. The van der Waals surface area contributed by atoms with E-state index in [1.807, 2.05) is 18.2 Å². The van der Waals surface area contributed by atoms with Crippen LogP contribution in [0.2, 0.25) is 5.02 Å². The van der Waals surface area contributed by atoms with Gasteiger partial charge in [0.25, 0.3) is 0 Å². The summed E-state index contributed by atoms with van der Waals surface area (Å²) in [7, 11) is 0. The van der Waals surface area contributed by atoms with Gasteiger partial charge in [-0.1, -0.05) is 41.9 Å². The molecule has 0 amide bonds. The van der Waals surface area contributed by atoms with Crippen LogP contribution >= 0.6 is 11.6 Å². The lowest BCUT2D eigenvalue weighted by molar-refractivity contribution is 0.104. The lowest BCUT2D eigenvalue weighted by atomic mass is 10.00. The van der Waals surface area contributed by atoms with Gasteiger partial charge in [-0.25, -0.2) is 0 Å². The molecular formula is C16H10ClNO2. The SMILES string of the molecule is O=C(c1cccc(Cl)c1)c1cc(=O)[nH]c2ccccc12. The number of H-pyrrole nitrogens is 1. The van der Waals surface area contributed by atoms with Crippen LogP contribution in [0.15, 0.2) is 59.4 Å². The van der Waals surface area contributed by atoms with E-state index in [1.165, 1.54) is 6.07 Å². The number of para-hydroxylation sites is 1. The van der Waals surface area contributed by atoms with E-state index in [-0.39, 0.29) is 11.3 Å². The summed E-state index contributed by atoms with van der Waals surface area (Å²) in [5.41, 5.74) is 1.19. The average Bonchev–Trinajstić information content (AvgIpc) is 2.45. The van der Waals surface area contributed by atoms with E-state index < -0.39 is 0 Å². The minimum atomic E-state index is -0.297. The van der Waals surface area contributed by atoms with Crippen molar-refractivity contribution in [3.63, 3.8) is 0 Å². The number of ketones is 1. The first kappa shape index (κ1) is 12.6. The van der Waals surface area contributed by atoms with Crippen molar-refractivity contribution >= 4 is 28.3 Å². The fraction of sp³-hybridized carbons (Fsp3) is 0. The number of pyridine rings is 1. The molecule has 1 N–H and O–H groups in total. The van der Waals surface area contributed by atoms with Crippen LogP contribution < -0.4 is 5.56 Å². The standard InChI is InChI=1S/C16H10ClNO2/c17-11-5-3-4-10(8-11)16(20)13-9-15(19)18-14-7-2-1-6-12(13)14/h1-9H,(H,18,19). The summed E-state index contributed by atoms with van der Waals surface area (Å²) in [6, 6.07) is 15.2. The highest BCUT2D eigenvalue weighted by Gasteiger charge is 2.13. The summed E-state index contributed by atoms with van der Waals surface area (Å²) in [6.45, 7) is 0. The first-order chi connectivity index (χ1) is 9.65. The zero-order valence-electron chi connectivity index (χ0n) is 10.4. The molecular weight excluding hydrogens is 274 g/mol. The van der Waals surface area contributed by atoms with Gasteiger partial charge < -0.3 is 4.98 Å². The quantitative estimate of drug-likeness (QED) is 0.733. The molecule has 0 saturated carbocycles. The van der Waals surface area contributed by atoms with Crippen LogP contribution in [0, 0.1) is 0 Å². The summed E-state index contributed by atoms with van der Waals surface area (Å²) in [5.74, 6) is -0.213. The summed E-state index contributed by atoms with van der Waals surface area (Å²) in [5, 5.41) is 1.21. The van der Waals surface area contributed by atoms with Crippen molar-refractivity contribution in [2.45, 2.75) is 0 Å². The Balaban J connectivity index is 2.24. The van der Waals surface area contributed by atoms with Gasteiger partial charge in [-0.3, -0.25) is 9.59 Å². The molecule has 0 spiro atoms. The molecule has 0 aliphatic rings. The second-order valence-electron chi connectivity index (χ2n) is 4.43. The molecule has 2 aromatic carbocycles. The van der Waals surface area contributed by atoms with E-state index in [9.17, 15) is 9.59 Å². The van der Waals surface area contributed by atoms with Crippen LogP contribution in [0.25, 0.3) is 10.9 Å². The lowest BCUT2D eigenvalue weighted by Crippen LogP contribution is -2.11. The van der Waals surface area contributed by atoms with Gasteiger partial charge in [0.15, 0.2) is 5.78 Å². The monoisotopic (exact) mass is 283 g/mol. The van der Waals surface area contributed by atoms with Crippen LogP contribution in [-0.4, -0.2) is 10.8 Å². The van der Waals surface area contributed by atoms with Crippen LogP contribution in [0.1, 0.15) is 15.9 Å². The highest BCUT2D eigenvalue weighted by atomic mass is 35.5. The predicted octanol–water partition coefficient (Wildman–Crippen LogP) is 3.41. The Morgan fingerprint density at radius 3 is 2.60 bits per heavy atom. The van der Waals surface area contributed by atoms with Crippen molar-refractivity contribution in [3.8, 4) is 0 Å². The summed E-state index contributed by atoms with van der Waals surface area (Å²) >= 11 is 5.91. The Bertz CT molecular complexity index is 867. The fourth-order valence-electron chi connectivity index (χ4n) is 2.18. The number of aromatic amines is 1. The molecule has 3 aromatic rings. The number of rotatable bonds is 2. The van der Waals surface area contributed by atoms with E-state index in [2.05, 4.69) is 4.98 Å². The van der Waals surface area contributed by atoms with Crippen LogP contribution in [0.3, 0.4) is 0 Å². The Kier molecular flexibility index (Phi) is 3.12. The van der Waals surface area contributed by atoms with Crippen molar-refractivity contribution in [1.82, 2.24) is 4.98 Å². The lowest BCUT2D eigenvalue weighted by Gasteiger charge is -2.05. The molecule has 1 heterocycles. The number of aromatic nitrogens is 1. The van der Waals surface area contributed by atoms with Crippen molar-refractivity contribution in [3.05, 3.63) is 81.1 Å². The second-order valence-corrected chi connectivity index (χ2v) is 4.87. The van der Waals surface area contributed by atoms with Gasteiger partial charge in [0.05, 0.1) is 0 Å². The van der Waals surface area contributed by atoms with E-state index in [4.69, 9.17) is 11.6 Å². The smallest absolute Gasteiger partial charge is 0.249 e. The maximum absolute atomic E-state index is 12.6. The fourth-order valence-corrected chi connectivity index (χ4v) is 2.37. The van der Waals surface area contributed by atoms with Gasteiger partial charge >= 0.3 is 0 Å². The Morgan fingerprint density at radius 1 is 1.00 bits per heavy atom. The van der Waals surface area contributed by atoms with E-state index in [0.29, 0.717) is 21.7 Å². The Morgan fingerprint density at radius 2 is 1.80 bits per heavy atom. The number of nitrogens with one attached hydrogen (secondary N) is 1. The topological polar surface area (TPSA) is 49.9 Å². The number of hydrogen-bond acceptors (Lipinski definition) is 2. The van der Waals surface area contributed by atoms with Gasteiger partial charge in [0, 0.05) is 33.1 Å². The molecule has 4 heteroatoms. The third-order valence-corrected chi connectivity index (χ3v) is 3.32. The maximum Gasteiger partial charge on any atom is 0.249 e. The summed E-state index contributed by atoms with van der Waals surface area (Å²) in [6.07, 6.45) is 0. The van der Waals surface area contributed by atoms with Crippen LogP contribution in [0.5, 0.6) is 0 Å². The van der Waals surface area contributed by atoms with E-state index in [0.717, 1.165) is 5.39 Å². The second kappa shape index (κ2) is 4.94. The van der Waals surface area contributed by atoms with Gasteiger partial charge in [0.2, 0.25) is 5.56 Å². The third kappa shape index (κ3) is 2.24. The number of carbonyl (C=O) groups is 1. The van der Waals surface area contributed by atoms with E-state index in [1.54, 1.807) is 30.3 Å². The number of halogens is 1. The summed E-state index contributed by atoms with van der Waals surface area (Å²) in [4.78, 5) is 26.9. The molecule has 1 aromatic heterocycles. The molecule has 0 fully saturated rings. The number of benzene rings is 2. The molecule has 0 aliphatic heterocycles. The number of hydrogen-bond donors (Lipinski definition) is 1. The molecule has 0 atom stereocenters. The van der Waals surface area contributed by atoms with Crippen molar-refractivity contribution in [2.24, 2.45) is 0 Å². The molecule has 0 unspecified atom stereocenters.